The summed E-state index contributed by atoms with van der Waals surface area (Å²) in [5.41, 5.74) is 1.63. The minimum absolute atomic E-state index is 0.0241. The lowest BCUT2D eigenvalue weighted by molar-refractivity contribution is -0.143. The first kappa shape index (κ1) is 26.5. The number of aryl methyl sites for hydroxylation is 1. The molecule has 3 atom stereocenters. The van der Waals surface area contributed by atoms with Crippen molar-refractivity contribution < 1.29 is 34.5 Å². The van der Waals surface area contributed by atoms with Crippen LogP contribution >= 0.6 is 0 Å². The highest BCUT2D eigenvalue weighted by Gasteiger charge is 2.29. The smallest absolute Gasteiger partial charge is 0.328 e. The van der Waals surface area contributed by atoms with Gasteiger partial charge in [-0.2, -0.15) is 0 Å². The van der Waals surface area contributed by atoms with Crippen LogP contribution in [0.3, 0.4) is 0 Å². The van der Waals surface area contributed by atoms with Gasteiger partial charge in [-0.1, -0.05) is 60.7 Å². The number of aliphatic hydroxyl groups excluding tert-OH is 2. The van der Waals surface area contributed by atoms with E-state index in [-0.39, 0.29) is 12.8 Å². The summed E-state index contributed by atoms with van der Waals surface area (Å²) in [6.07, 6.45) is 0.567. The normalized spacial score (nSPS) is 13.2. The molecule has 3 amide bonds. The number of aliphatic carboxylic acids is 1. The van der Waals surface area contributed by atoms with Crippen molar-refractivity contribution in [1.29, 1.82) is 0 Å². The average Bonchev–Trinajstić information content (AvgIpc) is 2.84. The van der Waals surface area contributed by atoms with Gasteiger partial charge < -0.3 is 31.3 Å². The number of rotatable bonds is 13. The zero-order valence-corrected chi connectivity index (χ0v) is 18.5. The van der Waals surface area contributed by atoms with Gasteiger partial charge in [0.2, 0.25) is 17.7 Å². The van der Waals surface area contributed by atoms with Crippen LogP contribution in [0.1, 0.15) is 17.5 Å². The first-order valence-corrected chi connectivity index (χ1v) is 10.8. The molecule has 0 saturated carbocycles. The van der Waals surface area contributed by atoms with E-state index < -0.39 is 55.0 Å². The van der Waals surface area contributed by atoms with Crippen molar-refractivity contribution in [3.63, 3.8) is 0 Å². The molecule has 0 radical (unpaired) electrons. The third-order valence-corrected chi connectivity index (χ3v) is 5.03. The number of carbonyl (C=O) groups excluding carboxylic acids is 3. The Kier molecular flexibility index (Phi) is 10.7. The van der Waals surface area contributed by atoms with E-state index in [1.54, 1.807) is 30.3 Å². The number of amides is 3. The first-order chi connectivity index (χ1) is 16.3. The summed E-state index contributed by atoms with van der Waals surface area (Å²) in [6.45, 7) is -1.53. The van der Waals surface area contributed by atoms with Gasteiger partial charge in [0.05, 0.1) is 13.2 Å². The highest BCUT2D eigenvalue weighted by Crippen LogP contribution is 2.06. The van der Waals surface area contributed by atoms with Crippen molar-refractivity contribution in [1.82, 2.24) is 16.0 Å². The van der Waals surface area contributed by atoms with Crippen LogP contribution in [0, 0.1) is 0 Å². The summed E-state index contributed by atoms with van der Waals surface area (Å²) in [5.74, 6) is -3.51. The van der Waals surface area contributed by atoms with E-state index in [0.29, 0.717) is 12.0 Å². The van der Waals surface area contributed by atoms with Crippen LogP contribution in [-0.4, -0.2) is 70.3 Å². The van der Waals surface area contributed by atoms with Gasteiger partial charge in [-0.15, -0.1) is 0 Å². The molecular weight excluding hydrogens is 442 g/mol. The molecule has 0 aliphatic carbocycles. The number of hydrogen-bond acceptors (Lipinski definition) is 6. The van der Waals surface area contributed by atoms with Gasteiger partial charge in [0, 0.05) is 12.8 Å². The summed E-state index contributed by atoms with van der Waals surface area (Å²) in [5, 5.41) is 35.0. The molecule has 0 aliphatic rings. The van der Waals surface area contributed by atoms with Crippen LogP contribution in [0.2, 0.25) is 0 Å². The Bertz CT molecular complexity index is 954. The summed E-state index contributed by atoms with van der Waals surface area (Å²) in [7, 11) is 0. The van der Waals surface area contributed by atoms with E-state index >= 15 is 0 Å². The van der Waals surface area contributed by atoms with Crippen molar-refractivity contribution in [2.75, 3.05) is 13.2 Å². The molecule has 2 aromatic carbocycles. The van der Waals surface area contributed by atoms with Gasteiger partial charge in [0.15, 0.2) is 0 Å². The highest BCUT2D eigenvalue weighted by molar-refractivity contribution is 5.93. The molecule has 0 aromatic heterocycles. The Labute approximate surface area is 197 Å². The van der Waals surface area contributed by atoms with E-state index in [4.69, 9.17) is 5.11 Å². The maximum absolute atomic E-state index is 12.7. The maximum Gasteiger partial charge on any atom is 0.328 e. The molecule has 0 unspecified atom stereocenters. The number of carbonyl (C=O) groups is 4. The highest BCUT2D eigenvalue weighted by atomic mass is 16.4. The number of nitrogens with one attached hydrogen (secondary N) is 3. The van der Waals surface area contributed by atoms with E-state index in [2.05, 4.69) is 16.0 Å². The molecule has 2 rings (SSSR count). The molecule has 34 heavy (non-hydrogen) atoms. The Balaban J connectivity index is 2.04. The third kappa shape index (κ3) is 8.64. The lowest BCUT2D eigenvalue weighted by Gasteiger charge is -2.23. The van der Waals surface area contributed by atoms with E-state index in [0.717, 1.165) is 5.56 Å². The predicted octanol–water partition coefficient (Wildman–Crippen LogP) is -0.614. The molecular formula is C24H29N3O7. The first-order valence-electron chi connectivity index (χ1n) is 10.8. The monoisotopic (exact) mass is 471 g/mol. The fraction of sp³-hybridized carbons (Fsp3) is 0.333. The lowest BCUT2D eigenvalue weighted by Crippen LogP contribution is -2.57. The van der Waals surface area contributed by atoms with Gasteiger partial charge in [0.25, 0.3) is 0 Å². The number of aliphatic hydroxyl groups is 2. The SMILES string of the molecule is O=C(CCc1ccccc1)N[C@@H](CO)C(=O)N[C@@H](Cc1ccccc1)C(=O)N[C@@H](CO)C(=O)O. The second-order valence-electron chi connectivity index (χ2n) is 7.62. The summed E-state index contributed by atoms with van der Waals surface area (Å²) in [6, 6.07) is 13.9. The van der Waals surface area contributed by atoms with Gasteiger partial charge in [-0.25, -0.2) is 4.79 Å². The minimum atomic E-state index is -1.55. The number of carboxylic acid groups (broad SMARTS) is 1. The quantitative estimate of drug-likeness (QED) is 0.227. The van der Waals surface area contributed by atoms with Crippen molar-refractivity contribution in [2.24, 2.45) is 0 Å². The van der Waals surface area contributed by atoms with Crippen molar-refractivity contribution in [3.8, 4) is 0 Å². The lowest BCUT2D eigenvalue weighted by atomic mass is 10.0. The van der Waals surface area contributed by atoms with Gasteiger partial charge in [0.1, 0.15) is 18.1 Å². The Hall–Kier alpha value is -3.76. The standard InChI is InChI=1S/C24H29N3O7/c28-14-19(25-21(30)12-11-16-7-3-1-4-8-16)23(32)26-18(13-17-9-5-2-6-10-17)22(31)27-20(15-29)24(33)34/h1-10,18-20,28-29H,11-15H2,(H,25,30)(H,26,32)(H,27,31)(H,33,34)/t18-,19-,20-/m0/s1. The summed E-state index contributed by atoms with van der Waals surface area (Å²) >= 11 is 0. The molecule has 10 heteroatoms. The zero-order chi connectivity index (χ0) is 24.9. The molecule has 2 aromatic rings. The number of hydrogen-bond donors (Lipinski definition) is 6. The minimum Gasteiger partial charge on any atom is -0.480 e. The molecule has 6 N–H and O–H groups in total. The fourth-order valence-corrected chi connectivity index (χ4v) is 3.15. The predicted molar refractivity (Wildman–Crippen MR) is 123 cm³/mol. The second kappa shape index (κ2) is 13.7. The Morgan fingerprint density at radius 2 is 1.18 bits per heavy atom. The van der Waals surface area contributed by atoms with Crippen LogP contribution < -0.4 is 16.0 Å². The number of carboxylic acids is 1. The molecule has 0 bridgehead atoms. The summed E-state index contributed by atoms with van der Waals surface area (Å²) in [4.78, 5) is 48.9. The largest absolute Gasteiger partial charge is 0.480 e. The van der Waals surface area contributed by atoms with E-state index in [9.17, 15) is 29.4 Å². The van der Waals surface area contributed by atoms with Crippen LogP contribution in [0.25, 0.3) is 0 Å². The molecule has 182 valence electrons. The molecule has 0 heterocycles. The third-order valence-electron chi connectivity index (χ3n) is 5.03. The van der Waals surface area contributed by atoms with E-state index in [1.165, 1.54) is 0 Å². The van der Waals surface area contributed by atoms with Crippen molar-refractivity contribution >= 4 is 23.7 Å². The topological polar surface area (TPSA) is 165 Å². The number of benzene rings is 2. The molecule has 0 saturated heterocycles. The molecule has 10 nitrogen and oxygen atoms in total. The van der Waals surface area contributed by atoms with E-state index in [1.807, 2.05) is 30.3 Å². The average molecular weight is 472 g/mol. The Morgan fingerprint density at radius 3 is 1.71 bits per heavy atom. The van der Waals surface area contributed by atoms with Gasteiger partial charge >= 0.3 is 5.97 Å². The summed E-state index contributed by atoms with van der Waals surface area (Å²) < 4.78 is 0. The van der Waals surface area contributed by atoms with Crippen LogP contribution in [0.5, 0.6) is 0 Å². The molecule has 0 spiro atoms. The van der Waals surface area contributed by atoms with Gasteiger partial charge in [-0.05, 0) is 17.5 Å². The fourth-order valence-electron chi connectivity index (χ4n) is 3.15. The van der Waals surface area contributed by atoms with Crippen LogP contribution in [0.4, 0.5) is 0 Å². The molecule has 0 aliphatic heterocycles. The van der Waals surface area contributed by atoms with Gasteiger partial charge in [-0.3, -0.25) is 14.4 Å². The maximum atomic E-state index is 12.7. The van der Waals surface area contributed by atoms with Crippen LogP contribution in [-0.2, 0) is 32.0 Å². The van der Waals surface area contributed by atoms with Crippen molar-refractivity contribution in [2.45, 2.75) is 37.4 Å². The second-order valence-corrected chi connectivity index (χ2v) is 7.62. The van der Waals surface area contributed by atoms with Crippen LogP contribution in [0.15, 0.2) is 60.7 Å². The van der Waals surface area contributed by atoms with Crippen molar-refractivity contribution in [3.05, 3.63) is 71.8 Å². The zero-order valence-electron chi connectivity index (χ0n) is 18.5. The molecule has 0 fully saturated rings. The Morgan fingerprint density at radius 1 is 0.676 bits per heavy atom.